The third-order valence-electron chi connectivity index (χ3n) is 2.68. The van der Waals surface area contributed by atoms with Crippen molar-refractivity contribution in [2.45, 2.75) is 13.8 Å². The number of nitrogens with zero attached hydrogens (tertiary/aromatic N) is 1. The summed E-state index contributed by atoms with van der Waals surface area (Å²) < 4.78 is 0.781. The van der Waals surface area contributed by atoms with Crippen molar-refractivity contribution in [1.82, 2.24) is 4.90 Å². The predicted octanol–water partition coefficient (Wildman–Crippen LogP) is 1.79. The summed E-state index contributed by atoms with van der Waals surface area (Å²) in [7, 11) is 0. The number of rotatable bonds is 4. The van der Waals surface area contributed by atoms with Gasteiger partial charge in [-0.05, 0) is 31.5 Å². The molecule has 0 radical (unpaired) electrons. The summed E-state index contributed by atoms with van der Waals surface area (Å²) in [5, 5.41) is 8.91. The van der Waals surface area contributed by atoms with Gasteiger partial charge >= 0.3 is 0 Å². The molecule has 0 bridgehead atoms. The van der Waals surface area contributed by atoms with Crippen molar-refractivity contribution >= 4 is 27.5 Å². The van der Waals surface area contributed by atoms with Crippen molar-refractivity contribution in [2.75, 3.05) is 25.4 Å². The van der Waals surface area contributed by atoms with Crippen molar-refractivity contribution in [3.63, 3.8) is 0 Å². The number of anilines is 1. The summed E-state index contributed by atoms with van der Waals surface area (Å²) in [5.41, 5.74) is 7.76. The van der Waals surface area contributed by atoms with Crippen LogP contribution < -0.4 is 5.73 Å². The van der Waals surface area contributed by atoms with Crippen LogP contribution in [-0.4, -0.2) is 35.6 Å². The molecular formula is C12H17BrN2O2. The van der Waals surface area contributed by atoms with Crippen molar-refractivity contribution in [3.05, 3.63) is 27.7 Å². The highest BCUT2D eigenvalue weighted by Gasteiger charge is 2.17. The maximum absolute atomic E-state index is 12.2. The van der Waals surface area contributed by atoms with E-state index in [1.165, 1.54) is 0 Å². The second-order valence-corrected chi connectivity index (χ2v) is 4.69. The fourth-order valence-electron chi connectivity index (χ4n) is 1.62. The molecule has 0 heterocycles. The van der Waals surface area contributed by atoms with Gasteiger partial charge < -0.3 is 15.7 Å². The van der Waals surface area contributed by atoms with E-state index in [1.54, 1.807) is 17.0 Å². The SMILES string of the molecule is CCN(CCO)C(=O)c1cc(Br)cc(N)c1C. The lowest BCUT2D eigenvalue weighted by Crippen LogP contribution is -2.33. The van der Waals surface area contributed by atoms with Gasteiger partial charge in [-0.1, -0.05) is 15.9 Å². The maximum atomic E-state index is 12.2. The van der Waals surface area contributed by atoms with E-state index in [2.05, 4.69) is 15.9 Å². The third kappa shape index (κ3) is 3.20. The van der Waals surface area contributed by atoms with Gasteiger partial charge in [-0.15, -0.1) is 0 Å². The highest BCUT2D eigenvalue weighted by atomic mass is 79.9. The van der Waals surface area contributed by atoms with Crippen LogP contribution in [-0.2, 0) is 0 Å². The number of carbonyl (C=O) groups is 1. The molecule has 17 heavy (non-hydrogen) atoms. The number of likely N-dealkylation sites (N-methyl/N-ethyl adjacent to an activating group) is 1. The highest BCUT2D eigenvalue weighted by Crippen LogP contribution is 2.23. The van der Waals surface area contributed by atoms with Gasteiger partial charge in [-0.2, -0.15) is 0 Å². The third-order valence-corrected chi connectivity index (χ3v) is 3.14. The number of aliphatic hydroxyl groups excluding tert-OH is 1. The summed E-state index contributed by atoms with van der Waals surface area (Å²) in [6.45, 7) is 4.56. The highest BCUT2D eigenvalue weighted by molar-refractivity contribution is 9.10. The van der Waals surface area contributed by atoms with Gasteiger partial charge in [0.25, 0.3) is 5.91 Å². The number of carbonyl (C=O) groups excluding carboxylic acids is 1. The van der Waals surface area contributed by atoms with Gasteiger partial charge in [-0.25, -0.2) is 0 Å². The normalized spacial score (nSPS) is 10.4. The Balaban J connectivity index is 3.10. The van der Waals surface area contributed by atoms with Crippen molar-refractivity contribution in [2.24, 2.45) is 0 Å². The molecule has 0 saturated heterocycles. The van der Waals surface area contributed by atoms with Crippen LogP contribution in [0.15, 0.2) is 16.6 Å². The van der Waals surface area contributed by atoms with Crippen LogP contribution in [0.3, 0.4) is 0 Å². The Bertz CT molecular complexity index is 421. The van der Waals surface area contributed by atoms with E-state index in [4.69, 9.17) is 10.8 Å². The minimum absolute atomic E-state index is 0.0396. The number of nitrogen functional groups attached to an aromatic ring is 1. The Hall–Kier alpha value is -1.07. The van der Waals surface area contributed by atoms with Crippen LogP contribution in [0.5, 0.6) is 0 Å². The van der Waals surface area contributed by atoms with E-state index >= 15 is 0 Å². The van der Waals surface area contributed by atoms with Crippen LogP contribution >= 0.6 is 15.9 Å². The average molecular weight is 301 g/mol. The molecule has 0 aliphatic heterocycles. The number of halogens is 1. The van der Waals surface area contributed by atoms with E-state index in [9.17, 15) is 4.79 Å². The first-order valence-corrected chi connectivity index (χ1v) is 6.26. The fourth-order valence-corrected chi connectivity index (χ4v) is 2.09. The molecule has 1 rings (SSSR count). The molecule has 0 atom stereocenters. The number of hydrogen-bond acceptors (Lipinski definition) is 3. The molecule has 0 aliphatic rings. The van der Waals surface area contributed by atoms with Gasteiger partial charge in [0.05, 0.1) is 6.61 Å². The van der Waals surface area contributed by atoms with Crippen molar-refractivity contribution < 1.29 is 9.90 Å². The average Bonchev–Trinajstić information content (AvgIpc) is 2.29. The Morgan fingerprint density at radius 3 is 2.71 bits per heavy atom. The van der Waals surface area contributed by atoms with E-state index in [0.29, 0.717) is 24.3 Å². The minimum atomic E-state index is -0.105. The van der Waals surface area contributed by atoms with Crippen molar-refractivity contribution in [1.29, 1.82) is 0 Å². The Labute approximate surface area is 110 Å². The molecule has 0 fully saturated rings. The Kier molecular flexibility index (Phi) is 4.96. The largest absolute Gasteiger partial charge is 0.398 e. The second kappa shape index (κ2) is 6.02. The molecule has 0 aromatic heterocycles. The van der Waals surface area contributed by atoms with Gasteiger partial charge in [0.2, 0.25) is 0 Å². The first-order chi connectivity index (χ1) is 8.01. The summed E-state index contributed by atoms with van der Waals surface area (Å²) in [4.78, 5) is 13.8. The van der Waals surface area contributed by atoms with Gasteiger partial charge in [0.15, 0.2) is 0 Å². The molecule has 0 unspecified atom stereocenters. The summed E-state index contributed by atoms with van der Waals surface area (Å²) in [5.74, 6) is -0.105. The first-order valence-electron chi connectivity index (χ1n) is 5.47. The smallest absolute Gasteiger partial charge is 0.254 e. The number of amides is 1. The topological polar surface area (TPSA) is 66.6 Å². The Morgan fingerprint density at radius 2 is 2.18 bits per heavy atom. The molecular weight excluding hydrogens is 284 g/mol. The lowest BCUT2D eigenvalue weighted by atomic mass is 10.1. The van der Waals surface area contributed by atoms with Crippen LogP contribution in [0.2, 0.25) is 0 Å². The first kappa shape index (κ1) is 14.0. The van der Waals surface area contributed by atoms with Crippen molar-refractivity contribution in [3.8, 4) is 0 Å². The van der Waals surface area contributed by atoms with Crippen LogP contribution in [0.25, 0.3) is 0 Å². The molecule has 3 N–H and O–H groups in total. The molecule has 4 nitrogen and oxygen atoms in total. The van der Waals surface area contributed by atoms with Crippen LogP contribution in [0.1, 0.15) is 22.8 Å². The molecule has 1 aromatic rings. The van der Waals surface area contributed by atoms with E-state index in [1.807, 2.05) is 13.8 Å². The fraction of sp³-hybridized carbons (Fsp3) is 0.417. The summed E-state index contributed by atoms with van der Waals surface area (Å²) >= 11 is 3.33. The molecule has 5 heteroatoms. The number of nitrogens with two attached hydrogens (primary N) is 1. The second-order valence-electron chi connectivity index (χ2n) is 3.78. The molecule has 0 saturated carbocycles. The molecule has 1 amide bonds. The maximum Gasteiger partial charge on any atom is 0.254 e. The molecule has 0 aliphatic carbocycles. The summed E-state index contributed by atoms with van der Waals surface area (Å²) in [6.07, 6.45) is 0. The Morgan fingerprint density at radius 1 is 1.53 bits per heavy atom. The zero-order chi connectivity index (χ0) is 13.0. The van der Waals surface area contributed by atoms with Gasteiger partial charge in [0.1, 0.15) is 0 Å². The molecule has 0 spiro atoms. The summed E-state index contributed by atoms with van der Waals surface area (Å²) in [6, 6.07) is 3.53. The monoisotopic (exact) mass is 300 g/mol. The quantitative estimate of drug-likeness (QED) is 0.833. The van der Waals surface area contributed by atoms with Crippen LogP contribution in [0.4, 0.5) is 5.69 Å². The number of aliphatic hydroxyl groups is 1. The van der Waals surface area contributed by atoms with Gasteiger partial charge in [0, 0.05) is 28.8 Å². The zero-order valence-corrected chi connectivity index (χ0v) is 11.6. The lowest BCUT2D eigenvalue weighted by molar-refractivity contribution is 0.0731. The number of benzene rings is 1. The lowest BCUT2D eigenvalue weighted by Gasteiger charge is -2.21. The van der Waals surface area contributed by atoms with E-state index in [-0.39, 0.29) is 12.5 Å². The number of hydrogen-bond donors (Lipinski definition) is 2. The van der Waals surface area contributed by atoms with E-state index in [0.717, 1.165) is 10.0 Å². The van der Waals surface area contributed by atoms with Crippen LogP contribution in [0, 0.1) is 6.92 Å². The zero-order valence-electron chi connectivity index (χ0n) is 10.0. The predicted molar refractivity (Wildman–Crippen MR) is 72.0 cm³/mol. The molecule has 94 valence electrons. The minimum Gasteiger partial charge on any atom is -0.398 e. The molecule has 1 aromatic carbocycles. The van der Waals surface area contributed by atoms with Gasteiger partial charge in [-0.3, -0.25) is 4.79 Å². The van der Waals surface area contributed by atoms with E-state index < -0.39 is 0 Å². The standard InChI is InChI=1S/C12H17BrN2O2/c1-3-15(4-5-16)12(17)10-6-9(13)7-11(14)8(10)2/h6-7,16H,3-5,14H2,1-2H3.